The van der Waals surface area contributed by atoms with Crippen LogP contribution in [0.5, 0.6) is 5.75 Å². The first-order chi connectivity index (χ1) is 18.0. The van der Waals surface area contributed by atoms with Crippen LogP contribution < -0.4 is 15.0 Å². The van der Waals surface area contributed by atoms with E-state index in [0.717, 1.165) is 40.2 Å². The van der Waals surface area contributed by atoms with E-state index in [-0.39, 0.29) is 40.8 Å². The highest BCUT2D eigenvalue weighted by Crippen LogP contribution is 2.48. The normalized spacial score (nSPS) is 16.6. The second-order valence-electron chi connectivity index (χ2n) is 10.9. The molecule has 0 unspecified atom stereocenters. The third-order valence-corrected chi connectivity index (χ3v) is 8.04. The van der Waals surface area contributed by atoms with Gasteiger partial charge in [0.1, 0.15) is 18.1 Å². The Hall–Kier alpha value is -3.26. The van der Waals surface area contributed by atoms with Crippen molar-refractivity contribution >= 4 is 29.4 Å². The van der Waals surface area contributed by atoms with Crippen molar-refractivity contribution in [1.29, 1.82) is 0 Å². The van der Waals surface area contributed by atoms with Crippen LogP contribution in [0.1, 0.15) is 68.7 Å². The number of benzene rings is 2. The van der Waals surface area contributed by atoms with Gasteiger partial charge in [0, 0.05) is 17.0 Å². The van der Waals surface area contributed by atoms with Crippen LogP contribution in [0.3, 0.4) is 0 Å². The molecule has 2 atom stereocenters. The first-order valence-corrected chi connectivity index (χ1v) is 14.1. The zero-order valence-electron chi connectivity index (χ0n) is 23.4. The minimum atomic E-state index is -0.303. The van der Waals surface area contributed by atoms with Crippen molar-refractivity contribution in [2.75, 3.05) is 24.3 Å². The molecule has 1 N–H and O–H groups in total. The number of hydrogen-bond donors (Lipinski definition) is 1. The minimum absolute atomic E-state index is 0.0232. The van der Waals surface area contributed by atoms with Crippen LogP contribution >= 0.6 is 11.8 Å². The predicted octanol–water partition coefficient (Wildman–Crippen LogP) is 5.57. The summed E-state index contributed by atoms with van der Waals surface area (Å²) in [6.45, 7) is 12.4. The number of amides is 2. The molecule has 1 aliphatic heterocycles. The maximum absolute atomic E-state index is 13.7. The molecule has 2 amide bonds. The van der Waals surface area contributed by atoms with Gasteiger partial charge in [-0.05, 0) is 50.1 Å². The monoisotopic (exact) mass is 534 g/mol. The van der Waals surface area contributed by atoms with Gasteiger partial charge in [-0.3, -0.25) is 14.5 Å². The number of thioether (sulfide) groups is 1. The molecule has 202 valence electrons. The summed E-state index contributed by atoms with van der Waals surface area (Å²) in [6.07, 6.45) is 0.814. The van der Waals surface area contributed by atoms with Gasteiger partial charge in [-0.2, -0.15) is 5.10 Å². The van der Waals surface area contributed by atoms with E-state index in [2.05, 4.69) is 57.3 Å². The van der Waals surface area contributed by atoms with Gasteiger partial charge in [-0.1, -0.05) is 57.5 Å². The summed E-state index contributed by atoms with van der Waals surface area (Å²) in [5, 5.41) is 8.05. The highest BCUT2D eigenvalue weighted by Gasteiger charge is 2.40. The van der Waals surface area contributed by atoms with Crippen LogP contribution in [-0.2, 0) is 15.0 Å². The zero-order valence-corrected chi connectivity index (χ0v) is 24.2. The molecule has 2 aromatic carbocycles. The smallest absolute Gasteiger partial charge is 0.240 e. The molecule has 0 saturated carbocycles. The molecule has 0 bridgehead atoms. The zero-order chi connectivity index (χ0) is 27.6. The molecule has 7 nitrogen and oxygen atoms in total. The number of rotatable bonds is 7. The van der Waals surface area contributed by atoms with E-state index in [9.17, 15) is 9.59 Å². The molecule has 0 aliphatic carbocycles. The summed E-state index contributed by atoms with van der Waals surface area (Å²) in [6, 6.07) is 16.1. The van der Waals surface area contributed by atoms with Crippen LogP contribution in [0, 0.1) is 6.92 Å². The maximum atomic E-state index is 13.7. The number of nitrogens with zero attached hydrogens (tertiary/aromatic N) is 3. The first kappa shape index (κ1) is 27.8. The number of ether oxygens (including phenoxy) is 1. The van der Waals surface area contributed by atoms with Crippen molar-refractivity contribution in [3.63, 3.8) is 0 Å². The fraction of sp³-hybridized carbons (Fsp3) is 0.433. The fourth-order valence-electron chi connectivity index (χ4n) is 4.64. The van der Waals surface area contributed by atoms with Gasteiger partial charge < -0.3 is 10.1 Å². The highest BCUT2D eigenvalue weighted by molar-refractivity contribution is 8.00. The number of carbonyl (C=O) groups is 2. The lowest BCUT2D eigenvalue weighted by Crippen LogP contribution is -2.44. The fourth-order valence-corrected chi connectivity index (χ4v) is 5.83. The Morgan fingerprint density at radius 2 is 1.92 bits per heavy atom. The molecular formula is C30H38N4O3S. The van der Waals surface area contributed by atoms with E-state index < -0.39 is 0 Å². The van der Waals surface area contributed by atoms with Crippen molar-refractivity contribution in [3.05, 3.63) is 70.9 Å². The standard InChI is InChI=1S/C30H38N4O3S/c1-8-20(3)31-24(35)17-33-25(36)18-38-27(21-11-9-10-19(2)16-21)26-28(30(4,5)6)32-34(29(26)33)22-12-14-23(37-7)15-13-22/h9-16,20,27H,8,17-18H2,1-7H3,(H,31,35)/t20-,27-/m1/s1. The molecule has 1 aromatic heterocycles. The molecule has 4 rings (SSSR count). The molecule has 0 saturated heterocycles. The lowest BCUT2D eigenvalue weighted by Gasteiger charge is -2.25. The maximum Gasteiger partial charge on any atom is 0.240 e. The first-order valence-electron chi connectivity index (χ1n) is 13.1. The van der Waals surface area contributed by atoms with Crippen LogP contribution in [0.25, 0.3) is 5.69 Å². The number of carbonyl (C=O) groups excluding carboxylic acids is 2. The number of aromatic nitrogens is 2. The van der Waals surface area contributed by atoms with Gasteiger partial charge in [-0.15, -0.1) is 11.8 Å². The highest BCUT2D eigenvalue weighted by atomic mass is 32.2. The molecule has 0 spiro atoms. The molecule has 2 heterocycles. The summed E-state index contributed by atoms with van der Waals surface area (Å²) >= 11 is 1.59. The van der Waals surface area contributed by atoms with Crippen molar-refractivity contribution in [2.24, 2.45) is 0 Å². The Balaban J connectivity index is 1.98. The Morgan fingerprint density at radius 1 is 1.21 bits per heavy atom. The van der Waals surface area contributed by atoms with Crippen molar-refractivity contribution in [1.82, 2.24) is 15.1 Å². The summed E-state index contributed by atoms with van der Waals surface area (Å²) in [5.74, 6) is 1.35. The number of methoxy groups -OCH3 is 1. The molecule has 1 aliphatic rings. The summed E-state index contributed by atoms with van der Waals surface area (Å²) in [4.78, 5) is 28.5. The Labute approximate surface area is 229 Å². The quantitative estimate of drug-likeness (QED) is 0.429. The lowest BCUT2D eigenvalue weighted by atomic mass is 9.87. The predicted molar refractivity (Wildman–Crippen MR) is 155 cm³/mol. The number of aryl methyl sites for hydroxylation is 1. The summed E-state index contributed by atoms with van der Waals surface area (Å²) in [5.41, 5.74) is 4.66. The molecule has 38 heavy (non-hydrogen) atoms. The van der Waals surface area contributed by atoms with Gasteiger partial charge in [0.15, 0.2) is 0 Å². The van der Waals surface area contributed by atoms with E-state index in [1.54, 1.807) is 23.8 Å². The average molecular weight is 535 g/mol. The Bertz CT molecular complexity index is 1310. The van der Waals surface area contributed by atoms with Crippen LogP contribution in [0.4, 0.5) is 5.82 Å². The third kappa shape index (κ3) is 5.75. The number of nitrogens with one attached hydrogen (secondary N) is 1. The van der Waals surface area contributed by atoms with E-state index in [1.807, 2.05) is 42.8 Å². The third-order valence-electron chi connectivity index (χ3n) is 6.78. The molecule has 3 aromatic rings. The molecule has 0 radical (unpaired) electrons. The molecular weight excluding hydrogens is 496 g/mol. The van der Waals surface area contributed by atoms with Gasteiger partial charge in [0.05, 0.1) is 29.5 Å². The summed E-state index contributed by atoms with van der Waals surface area (Å²) in [7, 11) is 1.63. The minimum Gasteiger partial charge on any atom is -0.497 e. The lowest BCUT2D eigenvalue weighted by molar-refractivity contribution is -0.123. The van der Waals surface area contributed by atoms with Crippen LogP contribution in [-0.4, -0.2) is 47.0 Å². The van der Waals surface area contributed by atoms with E-state index in [0.29, 0.717) is 5.82 Å². The van der Waals surface area contributed by atoms with Gasteiger partial charge >= 0.3 is 0 Å². The average Bonchev–Trinajstić information content (AvgIpc) is 3.22. The molecule has 0 fully saturated rings. The van der Waals surface area contributed by atoms with Gasteiger partial charge in [-0.25, -0.2) is 4.68 Å². The van der Waals surface area contributed by atoms with E-state index >= 15 is 0 Å². The Kier molecular flexibility index (Phi) is 8.21. The van der Waals surface area contributed by atoms with Gasteiger partial charge in [0.25, 0.3) is 0 Å². The van der Waals surface area contributed by atoms with E-state index in [1.165, 1.54) is 0 Å². The van der Waals surface area contributed by atoms with E-state index in [4.69, 9.17) is 9.84 Å². The largest absolute Gasteiger partial charge is 0.497 e. The number of fused-ring (bicyclic) bond motifs is 1. The van der Waals surface area contributed by atoms with Crippen molar-refractivity contribution in [2.45, 2.75) is 64.7 Å². The Morgan fingerprint density at radius 3 is 2.53 bits per heavy atom. The number of anilines is 1. The van der Waals surface area contributed by atoms with Gasteiger partial charge in [0.2, 0.25) is 11.8 Å². The van der Waals surface area contributed by atoms with Crippen molar-refractivity contribution < 1.29 is 14.3 Å². The second kappa shape index (κ2) is 11.2. The molecule has 8 heteroatoms. The SMILES string of the molecule is CC[C@@H](C)NC(=O)CN1C(=O)CS[C@H](c2cccc(C)c2)c2c(C(C)(C)C)nn(-c3ccc(OC)cc3)c21. The van der Waals surface area contributed by atoms with Crippen molar-refractivity contribution in [3.8, 4) is 11.4 Å². The van der Waals surface area contributed by atoms with Crippen LogP contribution in [0.2, 0.25) is 0 Å². The summed E-state index contributed by atoms with van der Waals surface area (Å²) < 4.78 is 7.20. The van der Waals surface area contributed by atoms with Crippen LogP contribution in [0.15, 0.2) is 48.5 Å². The topological polar surface area (TPSA) is 76.5 Å². The second-order valence-corrected chi connectivity index (χ2v) is 12.0. The number of hydrogen-bond acceptors (Lipinski definition) is 5.